The van der Waals surface area contributed by atoms with E-state index in [0.29, 0.717) is 19.4 Å². The molecule has 1 amide bonds. The Bertz CT molecular complexity index is 1080. The number of anilines is 2. The van der Waals surface area contributed by atoms with E-state index >= 15 is 0 Å². The largest absolute Gasteiger partial charge is 0.497 e. The summed E-state index contributed by atoms with van der Waals surface area (Å²) in [6.07, 6.45) is 1.19. The van der Waals surface area contributed by atoms with Crippen molar-refractivity contribution in [2.24, 2.45) is 0 Å². The summed E-state index contributed by atoms with van der Waals surface area (Å²) >= 11 is 0. The monoisotopic (exact) mass is 486 g/mol. The molecular formula is C30H38N4O2. The Hall–Kier alpha value is -3.51. The summed E-state index contributed by atoms with van der Waals surface area (Å²) in [4.78, 5) is 19.8. The number of piperazine rings is 1. The maximum atomic E-state index is 12.8. The molecule has 0 radical (unpaired) electrons. The van der Waals surface area contributed by atoms with E-state index in [2.05, 4.69) is 88.7 Å². The van der Waals surface area contributed by atoms with Crippen molar-refractivity contribution in [3.8, 4) is 5.75 Å². The van der Waals surface area contributed by atoms with Gasteiger partial charge in [0.05, 0.1) is 13.2 Å². The molecular weight excluding hydrogens is 448 g/mol. The molecule has 0 unspecified atom stereocenters. The van der Waals surface area contributed by atoms with Crippen LogP contribution >= 0.6 is 0 Å². The number of carbonyl (C=O) groups is 1. The van der Waals surface area contributed by atoms with E-state index in [1.807, 2.05) is 24.3 Å². The minimum atomic E-state index is 0.0867. The van der Waals surface area contributed by atoms with Gasteiger partial charge in [0.2, 0.25) is 5.91 Å². The molecule has 0 spiro atoms. The van der Waals surface area contributed by atoms with Gasteiger partial charge in [0.25, 0.3) is 0 Å². The van der Waals surface area contributed by atoms with E-state index in [0.717, 1.165) is 37.5 Å². The fourth-order valence-corrected chi connectivity index (χ4v) is 4.73. The molecule has 1 fully saturated rings. The summed E-state index contributed by atoms with van der Waals surface area (Å²) in [5, 5.41) is 3.22. The van der Waals surface area contributed by atoms with Crippen molar-refractivity contribution < 1.29 is 9.53 Å². The maximum absolute atomic E-state index is 12.8. The van der Waals surface area contributed by atoms with Gasteiger partial charge in [-0.25, -0.2) is 0 Å². The molecule has 1 atom stereocenters. The van der Waals surface area contributed by atoms with Gasteiger partial charge in [0.1, 0.15) is 5.75 Å². The molecule has 6 heteroatoms. The molecule has 1 N–H and O–H groups in total. The zero-order valence-corrected chi connectivity index (χ0v) is 21.7. The summed E-state index contributed by atoms with van der Waals surface area (Å²) in [6.45, 7) is 4.46. The smallest absolute Gasteiger partial charge is 0.220 e. The van der Waals surface area contributed by atoms with Crippen molar-refractivity contribution in [1.29, 1.82) is 0 Å². The lowest BCUT2D eigenvalue weighted by Crippen LogP contribution is -2.50. The van der Waals surface area contributed by atoms with E-state index in [4.69, 9.17) is 4.74 Å². The third kappa shape index (κ3) is 6.79. The molecule has 1 aliphatic heterocycles. The second kappa shape index (κ2) is 12.5. The number of para-hydroxylation sites is 1. The second-order valence-corrected chi connectivity index (χ2v) is 9.51. The van der Waals surface area contributed by atoms with Crippen molar-refractivity contribution in [1.82, 2.24) is 10.2 Å². The molecule has 0 bridgehead atoms. The SMILES string of the molecule is COc1ccc(CCC(=O)NC[C@H](c2ccc(N(C)C)cc2)N2CCN(c3ccccc3)CC2)cc1. The minimum absolute atomic E-state index is 0.0867. The number of hydrogen-bond donors (Lipinski definition) is 1. The van der Waals surface area contributed by atoms with Crippen LogP contribution in [0.1, 0.15) is 23.6 Å². The van der Waals surface area contributed by atoms with Crippen LogP contribution in [0.5, 0.6) is 5.75 Å². The highest BCUT2D eigenvalue weighted by Crippen LogP contribution is 2.26. The maximum Gasteiger partial charge on any atom is 0.220 e. The van der Waals surface area contributed by atoms with Crippen molar-refractivity contribution in [3.05, 3.63) is 90.0 Å². The van der Waals surface area contributed by atoms with E-state index in [-0.39, 0.29) is 11.9 Å². The van der Waals surface area contributed by atoms with Gasteiger partial charge in [-0.05, 0) is 53.9 Å². The Labute approximate surface area is 215 Å². The van der Waals surface area contributed by atoms with E-state index in [9.17, 15) is 4.79 Å². The fraction of sp³-hybridized carbons (Fsp3) is 0.367. The van der Waals surface area contributed by atoms with Crippen LogP contribution in [0.15, 0.2) is 78.9 Å². The number of rotatable bonds is 10. The minimum Gasteiger partial charge on any atom is -0.497 e. The summed E-state index contributed by atoms with van der Waals surface area (Å²) < 4.78 is 5.22. The number of nitrogens with zero attached hydrogens (tertiary/aromatic N) is 3. The van der Waals surface area contributed by atoms with Crippen LogP contribution in [0.4, 0.5) is 11.4 Å². The quantitative estimate of drug-likeness (QED) is 0.461. The summed E-state index contributed by atoms with van der Waals surface area (Å²) in [5.74, 6) is 0.919. The molecule has 1 saturated heterocycles. The van der Waals surface area contributed by atoms with Crippen LogP contribution in [0.2, 0.25) is 0 Å². The molecule has 6 nitrogen and oxygen atoms in total. The Kier molecular flexibility index (Phi) is 8.85. The number of nitrogens with one attached hydrogen (secondary N) is 1. The zero-order chi connectivity index (χ0) is 25.3. The van der Waals surface area contributed by atoms with Crippen LogP contribution in [0.3, 0.4) is 0 Å². The highest BCUT2D eigenvalue weighted by atomic mass is 16.5. The summed E-state index contributed by atoms with van der Waals surface area (Å²) in [7, 11) is 5.77. The highest BCUT2D eigenvalue weighted by Gasteiger charge is 2.26. The molecule has 3 aromatic rings. The number of aryl methyl sites for hydroxylation is 1. The molecule has 1 heterocycles. The van der Waals surface area contributed by atoms with Crippen LogP contribution in [-0.4, -0.2) is 64.7 Å². The van der Waals surface area contributed by atoms with Crippen molar-refractivity contribution in [2.75, 3.05) is 63.7 Å². The average molecular weight is 487 g/mol. The van der Waals surface area contributed by atoms with Crippen LogP contribution in [0.25, 0.3) is 0 Å². The number of ether oxygens (including phenoxy) is 1. The van der Waals surface area contributed by atoms with E-state index in [1.165, 1.54) is 16.9 Å². The van der Waals surface area contributed by atoms with Crippen LogP contribution < -0.4 is 19.9 Å². The molecule has 0 aliphatic carbocycles. The first kappa shape index (κ1) is 25.6. The Morgan fingerprint density at radius 1 is 0.917 bits per heavy atom. The predicted octanol–water partition coefficient (Wildman–Crippen LogP) is 4.37. The third-order valence-electron chi connectivity index (χ3n) is 6.96. The normalized spacial score (nSPS) is 14.8. The fourth-order valence-electron chi connectivity index (χ4n) is 4.73. The molecule has 190 valence electrons. The van der Waals surface area contributed by atoms with E-state index < -0.39 is 0 Å². The molecule has 3 aromatic carbocycles. The van der Waals surface area contributed by atoms with Gasteiger partial charge >= 0.3 is 0 Å². The predicted molar refractivity (Wildman–Crippen MR) is 148 cm³/mol. The van der Waals surface area contributed by atoms with Gasteiger partial charge in [-0.15, -0.1) is 0 Å². The lowest BCUT2D eigenvalue weighted by atomic mass is 10.0. The molecule has 1 aliphatic rings. The number of methoxy groups -OCH3 is 1. The van der Waals surface area contributed by atoms with Gasteiger partial charge in [0, 0.05) is 64.6 Å². The number of carbonyl (C=O) groups excluding carboxylic acids is 1. The van der Waals surface area contributed by atoms with Gasteiger partial charge in [0.15, 0.2) is 0 Å². The molecule has 0 aromatic heterocycles. The first-order valence-electron chi connectivity index (χ1n) is 12.7. The van der Waals surface area contributed by atoms with Crippen LogP contribution in [-0.2, 0) is 11.2 Å². The molecule has 0 saturated carbocycles. The van der Waals surface area contributed by atoms with Gasteiger partial charge < -0.3 is 19.9 Å². The highest BCUT2D eigenvalue weighted by molar-refractivity contribution is 5.76. The van der Waals surface area contributed by atoms with Crippen LogP contribution in [0, 0.1) is 0 Å². The van der Waals surface area contributed by atoms with Gasteiger partial charge in [-0.2, -0.15) is 0 Å². The van der Waals surface area contributed by atoms with E-state index in [1.54, 1.807) is 7.11 Å². The number of benzene rings is 3. The average Bonchev–Trinajstić information content (AvgIpc) is 2.93. The van der Waals surface area contributed by atoms with Crippen molar-refractivity contribution >= 4 is 17.3 Å². The molecule has 36 heavy (non-hydrogen) atoms. The first-order chi connectivity index (χ1) is 17.5. The Balaban J connectivity index is 1.38. The summed E-state index contributed by atoms with van der Waals surface area (Å²) in [5.41, 5.74) is 4.83. The first-order valence-corrected chi connectivity index (χ1v) is 12.7. The Morgan fingerprint density at radius 3 is 2.19 bits per heavy atom. The topological polar surface area (TPSA) is 48.1 Å². The van der Waals surface area contributed by atoms with Gasteiger partial charge in [-0.1, -0.05) is 42.5 Å². The zero-order valence-electron chi connectivity index (χ0n) is 21.7. The standard InChI is InChI=1S/C30H38N4O2/c1-32(2)26-14-12-25(13-15-26)29(34-21-19-33(20-22-34)27-7-5-4-6-8-27)23-31-30(35)18-11-24-9-16-28(36-3)17-10-24/h4-10,12-17,29H,11,18-23H2,1-3H3,(H,31,35)/t29-/m1/s1. The lowest BCUT2D eigenvalue weighted by Gasteiger charge is -2.40. The van der Waals surface area contributed by atoms with Gasteiger partial charge in [-0.3, -0.25) is 9.69 Å². The number of hydrogen-bond acceptors (Lipinski definition) is 5. The molecule has 4 rings (SSSR count). The Morgan fingerprint density at radius 2 is 1.58 bits per heavy atom. The second-order valence-electron chi connectivity index (χ2n) is 9.51. The van der Waals surface area contributed by atoms with Crippen molar-refractivity contribution in [3.63, 3.8) is 0 Å². The number of amides is 1. The third-order valence-corrected chi connectivity index (χ3v) is 6.96. The lowest BCUT2D eigenvalue weighted by molar-refractivity contribution is -0.121. The summed E-state index contributed by atoms with van der Waals surface area (Å²) in [6, 6.07) is 27.4. The van der Waals surface area contributed by atoms with Crippen molar-refractivity contribution in [2.45, 2.75) is 18.9 Å².